The summed E-state index contributed by atoms with van der Waals surface area (Å²) in [6.45, 7) is 0. The Balaban J connectivity index is -0.00000000167. The fourth-order valence-electron chi connectivity index (χ4n) is 0. The first kappa shape index (κ1) is 26.1. The quantitative estimate of drug-likeness (QED) is 0.320. The van der Waals surface area contributed by atoms with E-state index in [4.69, 9.17) is 0 Å². The molecule has 22 valence electrons. The number of hydrogen-bond acceptors (Lipinski definition) is 0. The van der Waals surface area contributed by atoms with Crippen LogP contribution in [0, 0.1) is 0 Å². The minimum Gasteiger partial charge on any atom is 0 e. The molecule has 0 saturated carbocycles. The van der Waals surface area contributed by atoms with Gasteiger partial charge >= 0.3 is 29.6 Å². The maximum atomic E-state index is 2.14. The third kappa shape index (κ3) is 21.3. The molecule has 0 spiro atoms. The zero-order valence-corrected chi connectivity index (χ0v) is 7.67. The van der Waals surface area contributed by atoms with Crippen LogP contribution in [0.15, 0.2) is 0 Å². The van der Waals surface area contributed by atoms with E-state index in [-0.39, 0.29) is 66.4 Å². The van der Waals surface area contributed by atoms with Gasteiger partial charge in [-0.3, -0.25) is 0 Å². The maximum Gasteiger partial charge on any atom is 0 e. The molecule has 0 aliphatic heterocycles. The van der Waals surface area contributed by atoms with Gasteiger partial charge in [0, 0.05) is 19.5 Å². The minimum absolute atomic E-state index is 0. The minimum atomic E-state index is 0. The summed E-state index contributed by atoms with van der Waals surface area (Å²) in [7, 11) is 3.44. The summed E-state index contributed by atoms with van der Waals surface area (Å²) in [6.07, 6.45) is 0. The van der Waals surface area contributed by atoms with Crippen molar-refractivity contribution < 1.29 is 19.5 Å². The predicted molar refractivity (Wildman–Crippen MR) is 35.6 cm³/mol. The van der Waals surface area contributed by atoms with Crippen LogP contribution in [0.1, 0.15) is 0 Å². The van der Waals surface area contributed by atoms with Crippen LogP contribution in [-0.2, 0) is 19.5 Å². The largest absolute Gasteiger partial charge is 0 e. The van der Waals surface area contributed by atoms with E-state index in [1.807, 2.05) is 0 Å². The van der Waals surface area contributed by atoms with Crippen molar-refractivity contribution in [3.63, 3.8) is 0 Å². The topological polar surface area (TPSA) is 0 Å². The second-order valence-corrected chi connectivity index (χ2v) is 0. The van der Waals surface area contributed by atoms with Crippen LogP contribution in [0.4, 0.5) is 0 Å². The van der Waals surface area contributed by atoms with Gasteiger partial charge in [-0.15, -0.1) is 0 Å². The number of rotatable bonds is 0. The van der Waals surface area contributed by atoms with Crippen LogP contribution in [-0.4, -0.2) is 64.5 Å². The molecule has 0 heterocycles. The Kier molecular flexibility index (Phi) is 167. The summed E-state index contributed by atoms with van der Waals surface area (Å²) in [4.78, 5) is 0. The van der Waals surface area contributed by atoms with E-state index in [9.17, 15) is 0 Å². The molecule has 0 unspecified atom stereocenters. The Morgan fingerprint density at radius 3 is 1.20 bits per heavy atom. The van der Waals surface area contributed by atoms with Crippen LogP contribution in [0.5, 0.6) is 0 Å². The van der Waals surface area contributed by atoms with Gasteiger partial charge in [0.05, 0.1) is 7.44 Å². The molecule has 0 bridgehead atoms. The summed E-state index contributed by atoms with van der Waals surface area (Å²) in [6, 6.07) is 0. The van der Waals surface area contributed by atoms with Crippen LogP contribution in [0.3, 0.4) is 0 Å². The molecular formula is H9AlBNaSiZn. The first-order chi connectivity index (χ1) is 1.00. The van der Waals surface area contributed by atoms with Gasteiger partial charge in [0.1, 0.15) is 0 Å². The van der Waals surface area contributed by atoms with Crippen molar-refractivity contribution in [1.82, 2.24) is 0 Å². The molecule has 0 nitrogen and oxygen atoms in total. The van der Waals surface area contributed by atoms with Crippen LogP contribution in [0.2, 0.25) is 0 Å². The van der Waals surface area contributed by atoms with Gasteiger partial charge in [-0.05, 0) is 10.1 Å². The Morgan fingerprint density at radius 2 is 1.20 bits per heavy atom. The molecular weight excluding hydrogens is 154 g/mol. The van der Waals surface area contributed by atoms with Gasteiger partial charge in [0.25, 0.3) is 0 Å². The molecule has 0 atom stereocenters. The van der Waals surface area contributed by atoms with Crippen LogP contribution in [0.25, 0.3) is 0 Å². The van der Waals surface area contributed by atoms with Gasteiger partial charge in [-0.25, -0.2) is 0 Å². The molecule has 5 heavy (non-hydrogen) atoms. The van der Waals surface area contributed by atoms with Gasteiger partial charge < -0.3 is 0 Å². The van der Waals surface area contributed by atoms with Crippen molar-refractivity contribution in [3.05, 3.63) is 0 Å². The summed E-state index contributed by atoms with van der Waals surface area (Å²) in [5.74, 6) is 0. The Bertz CT molecular complexity index is 11.6. The van der Waals surface area contributed by atoms with E-state index in [0.717, 1.165) is 0 Å². The fourth-order valence-corrected chi connectivity index (χ4v) is 0. The second-order valence-electron chi connectivity index (χ2n) is 0. The Labute approximate surface area is 82.8 Å². The van der Waals surface area contributed by atoms with Crippen molar-refractivity contribution in [2.75, 3.05) is 0 Å². The molecule has 0 aliphatic carbocycles. The number of hydrogen-bond donors (Lipinski definition) is 0. The molecule has 0 rings (SSSR count). The van der Waals surface area contributed by atoms with Gasteiger partial charge in [-0.1, -0.05) is 0 Å². The molecule has 0 fully saturated rings. The van der Waals surface area contributed by atoms with Crippen LogP contribution < -0.4 is 0 Å². The molecule has 5 heteroatoms. The predicted octanol–water partition coefficient (Wildman–Crippen LogP) is -3.94. The molecule has 0 radical (unpaired) electrons. The maximum absolute atomic E-state index is 2.14. The molecule has 0 amide bonds. The summed E-state index contributed by atoms with van der Waals surface area (Å²) >= 11 is 0. The van der Waals surface area contributed by atoms with Crippen molar-refractivity contribution in [2.45, 2.75) is 0 Å². The molecule has 0 saturated heterocycles. The molecule has 0 aliphatic rings. The molecule has 0 aromatic rings. The monoisotopic (exact) mass is 162 g/mol. The third-order valence-electron chi connectivity index (χ3n) is 0. The van der Waals surface area contributed by atoms with E-state index in [2.05, 4.69) is 7.44 Å². The van der Waals surface area contributed by atoms with E-state index >= 15 is 0 Å². The van der Waals surface area contributed by atoms with E-state index < -0.39 is 0 Å². The van der Waals surface area contributed by atoms with Crippen molar-refractivity contribution in [1.29, 1.82) is 0 Å². The van der Waals surface area contributed by atoms with Gasteiger partial charge in [0.2, 0.25) is 0 Å². The van der Waals surface area contributed by atoms with E-state index in [1.165, 1.54) is 10.1 Å². The fraction of sp³-hybridized carbons (Fsp3) is 0. The third-order valence-corrected chi connectivity index (χ3v) is 0. The van der Waals surface area contributed by atoms with Crippen molar-refractivity contribution >= 4 is 64.5 Å². The first-order valence-electron chi connectivity index (χ1n) is 1.00. The molecule has 0 aromatic heterocycles. The SMILES string of the molecule is B[SiH3].[AlH3].[NaH].[Zn]. The average Bonchev–Trinajstić information content (AvgIpc) is 1.00. The van der Waals surface area contributed by atoms with Gasteiger partial charge in [0.15, 0.2) is 17.4 Å². The smallest absolute Gasteiger partial charge is 0 e. The summed E-state index contributed by atoms with van der Waals surface area (Å²) in [5, 5.41) is 0. The van der Waals surface area contributed by atoms with E-state index in [0.29, 0.717) is 0 Å². The van der Waals surface area contributed by atoms with Crippen LogP contribution >= 0.6 is 0 Å². The van der Waals surface area contributed by atoms with Crippen molar-refractivity contribution in [2.24, 2.45) is 0 Å². The zero-order valence-electron chi connectivity index (χ0n) is 2.71. The zero-order chi connectivity index (χ0) is 2.00. The molecule has 0 aromatic carbocycles. The summed E-state index contributed by atoms with van der Waals surface area (Å²) < 4.78 is 0. The Hall–Kier alpha value is 2.44. The van der Waals surface area contributed by atoms with E-state index in [1.54, 1.807) is 0 Å². The van der Waals surface area contributed by atoms with Gasteiger partial charge in [-0.2, -0.15) is 0 Å². The standard InChI is InChI=1S/Al.BH5Si.Na.Zn.4H/c;1-2;;;;;;/h;1H2,2H3;;;;;;. The van der Waals surface area contributed by atoms with Crippen molar-refractivity contribution in [3.8, 4) is 0 Å². The average molecular weight is 163 g/mol. The Morgan fingerprint density at radius 1 is 1.20 bits per heavy atom. The summed E-state index contributed by atoms with van der Waals surface area (Å²) in [5.41, 5.74) is 0. The second kappa shape index (κ2) is 32.0. The normalized spacial score (nSPS) is 1.60. The first-order valence-corrected chi connectivity index (χ1v) is 3.00. The molecule has 0 N–H and O–H groups in total.